The lowest BCUT2D eigenvalue weighted by Crippen LogP contribution is -2.38. The van der Waals surface area contributed by atoms with E-state index in [1.165, 1.54) is 5.56 Å². The second-order valence-corrected chi connectivity index (χ2v) is 6.51. The molecule has 2 heterocycles. The molecule has 1 aliphatic heterocycles. The smallest absolute Gasteiger partial charge is 0.231 e. The first-order chi connectivity index (χ1) is 14.3. The molecule has 3 aromatic rings. The molecule has 0 unspecified atom stereocenters. The van der Waals surface area contributed by atoms with Crippen molar-refractivity contribution in [2.24, 2.45) is 4.99 Å². The number of guanidine groups is 1. The molecule has 4 rings (SSSR count). The lowest BCUT2D eigenvalue weighted by Gasteiger charge is -2.12. The Balaban J connectivity index is 1.37. The van der Waals surface area contributed by atoms with E-state index in [1.807, 2.05) is 54.0 Å². The molecule has 2 aromatic carbocycles. The fourth-order valence-corrected chi connectivity index (χ4v) is 3.08. The summed E-state index contributed by atoms with van der Waals surface area (Å²) in [6, 6.07) is 16.0. The van der Waals surface area contributed by atoms with Gasteiger partial charge >= 0.3 is 0 Å². The number of fused-ring (bicyclic) bond motifs is 1. The molecule has 0 fully saturated rings. The molecular weight excluding hydrogens is 368 g/mol. The van der Waals surface area contributed by atoms with Gasteiger partial charge in [-0.25, -0.2) is 4.99 Å². The summed E-state index contributed by atoms with van der Waals surface area (Å²) in [6.45, 7) is 4.29. The number of rotatable bonds is 7. The van der Waals surface area contributed by atoms with Crippen molar-refractivity contribution < 1.29 is 9.47 Å². The van der Waals surface area contributed by atoms with Gasteiger partial charge in [0.1, 0.15) is 12.9 Å². The maximum atomic E-state index is 5.44. The first-order valence-corrected chi connectivity index (χ1v) is 9.68. The van der Waals surface area contributed by atoms with Crippen LogP contribution in [0.4, 0.5) is 0 Å². The van der Waals surface area contributed by atoms with Crippen LogP contribution in [-0.2, 0) is 13.0 Å². The third-order valence-electron chi connectivity index (χ3n) is 4.52. The van der Waals surface area contributed by atoms with E-state index >= 15 is 0 Å². The summed E-state index contributed by atoms with van der Waals surface area (Å²) in [5, 5.41) is 14.9. The number of benzene rings is 2. The molecule has 150 valence electrons. The summed E-state index contributed by atoms with van der Waals surface area (Å²) in [6.07, 6.45) is 2.56. The molecule has 0 saturated heterocycles. The number of hydrogen-bond donors (Lipinski definition) is 2. The first kappa shape index (κ1) is 18.8. The predicted molar refractivity (Wildman–Crippen MR) is 110 cm³/mol. The summed E-state index contributed by atoms with van der Waals surface area (Å²) in [5.74, 6) is 3.14. The van der Waals surface area contributed by atoms with Gasteiger partial charge in [-0.2, -0.15) is 0 Å². The van der Waals surface area contributed by atoms with Crippen LogP contribution in [0.15, 0.2) is 59.9 Å². The van der Waals surface area contributed by atoms with Gasteiger partial charge in [0, 0.05) is 18.8 Å². The number of nitrogens with one attached hydrogen (secondary N) is 2. The van der Waals surface area contributed by atoms with Gasteiger partial charge in [-0.15, -0.1) is 10.2 Å². The van der Waals surface area contributed by atoms with Crippen molar-refractivity contribution in [1.82, 2.24) is 25.4 Å². The Kier molecular flexibility index (Phi) is 5.89. The zero-order chi connectivity index (χ0) is 19.9. The Morgan fingerprint density at radius 2 is 1.97 bits per heavy atom. The standard InChI is InChI=1S/C21H24N6O2/c1-2-22-21(23-11-10-16-8-9-18-19(12-16)29-15-28-18)24-13-20-26-25-14-27(20)17-6-4-3-5-7-17/h3-9,12,14H,2,10-11,13,15H2,1H3,(H2,22,23,24). The number of para-hydroxylation sites is 1. The van der Waals surface area contributed by atoms with Crippen molar-refractivity contribution in [1.29, 1.82) is 0 Å². The van der Waals surface area contributed by atoms with Crippen LogP contribution in [0.5, 0.6) is 11.5 Å². The fraction of sp³-hybridized carbons (Fsp3) is 0.286. The highest BCUT2D eigenvalue weighted by atomic mass is 16.7. The normalized spacial score (nSPS) is 12.8. The van der Waals surface area contributed by atoms with Crippen molar-refractivity contribution in [3.8, 4) is 17.2 Å². The van der Waals surface area contributed by atoms with Crippen LogP contribution in [0.2, 0.25) is 0 Å². The van der Waals surface area contributed by atoms with Crippen molar-refractivity contribution in [3.63, 3.8) is 0 Å². The van der Waals surface area contributed by atoms with Crippen LogP contribution in [0.3, 0.4) is 0 Å². The minimum absolute atomic E-state index is 0.294. The van der Waals surface area contributed by atoms with Gasteiger partial charge in [0.05, 0.1) is 0 Å². The van der Waals surface area contributed by atoms with E-state index in [0.29, 0.717) is 13.3 Å². The van der Waals surface area contributed by atoms with Crippen LogP contribution < -0.4 is 20.1 Å². The molecule has 2 N–H and O–H groups in total. The number of aliphatic imine (C=N–C) groups is 1. The van der Waals surface area contributed by atoms with Crippen molar-refractivity contribution in [2.45, 2.75) is 19.9 Å². The second kappa shape index (κ2) is 9.09. The SMILES string of the molecule is CCNC(=NCc1nncn1-c1ccccc1)NCCc1ccc2c(c1)OCO2. The lowest BCUT2D eigenvalue weighted by atomic mass is 10.1. The van der Waals surface area contributed by atoms with Crippen LogP contribution in [0.25, 0.3) is 5.69 Å². The van der Waals surface area contributed by atoms with Crippen molar-refractivity contribution in [2.75, 3.05) is 19.9 Å². The Hall–Kier alpha value is -3.55. The zero-order valence-electron chi connectivity index (χ0n) is 16.3. The molecule has 8 nitrogen and oxygen atoms in total. The van der Waals surface area contributed by atoms with Gasteiger partial charge < -0.3 is 20.1 Å². The minimum Gasteiger partial charge on any atom is -0.454 e. The molecule has 0 atom stereocenters. The minimum atomic E-state index is 0.294. The molecular formula is C21H24N6O2. The topological polar surface area (TPSA) is 85.6 Å². The largest absolute Gasteiger partial charge is 0.454 e. The highest BCUT2D eigenvalue weighted by Gasteiger charge is 2.13. The van der Waals surface area contributed by atoms with E-state index in [9.17, 15) is 0 Å². The summed E-state index contributed by atoms with van der Waals surface area (Å²) in [4.78, 5) is 4.66. The number of nitrogens with zero attached hydrogens (tertiary/aromatic N) is 4. The quantitative estimate of drug-likeness (QED) is 0.474. The van der Waals surface area contributed by atoms with Crippen LogP contribution in [0, 0.1) is 0 Å². The average Bonchev–Trinajstić information content (AvgIpc) is 3.41. The summed E-state index contributed by atoms with van der Waals surface area (Å²) in [5.41, 5.74) is 2.20. The van der Waals surface area contributed by atoms with E-state index < -0.39 is 0 Å². The third kappa shape index (κ3) is 4.66. The van der Waals surface area contributed by atoms with Gasteiger partial charge in [-0.3, -0.25) is 4.57 Å². The molecule has 1 aliphatic rings. The monoisotopic (exact) mass is 392 g/mol. The molecule has 0 spiro atoms. The van der Waals surface area contributed by atoms with Crippen LogP contribution >= 0.6 is 0 Å². The summed E-state index contributed by atoms with van der Waals surface area (Å²) in [7, 11) is 0. The number of hydrogen-bond acceptors (Lipinski definition) is 5. The van der Waals surface area contributed by atoms with Crippen LogP contribution in [-0.4, -0.2) is 40.6 Å². The maximum absolute atomic E-state index is 5.44. The number of aromatic nitrogens is 3. The molecule has 8 heteroatoms. The first-order valence-electron chi connectivity index (χ1n) is 9.68. The van der Waals surface area contributed by atoms with E-state index in [1.54, 1.807) is 6.33 Å². The molecule has 0 aliphatic carbocycles. The molecule has 0 amide bonds. The summed E-state index contributed by atoms with van der Waals surface area (Å²) < 4.78 is 12.7. The van der Waals surface area contributed by atoms with E-state index in [-0.39, 0.29) is 0 Å². The maximum Gasteiger partial charge on any atom is 0.231 e. The Labute approximate surface area is 169 Å². The van der Waals surface area contributed by atoms with Gasteiger partial charge in [-0.05, 0) is 43.2 Å². The molecule has 0 saturated carbocycles. The highest BCUT2D eigenvalue weighted by Crippen LogP contribution is 2.32. The Morgan fingerprint density at radius 3 is 2.83 bits per heavy atom. The van der Waals surface area contributed by atoms with Crippen LogP contribution in [0.1, 0.15) is 18.3 Å². The van der Waals surface area contributed by atoms with Crippen molar-refractivity contribution in [3.05, 3.63) is 66.2 Å². The second-order valence-electron chi connectivity index (χ2n) is 6.51. The van der Waals surface area contributed by atoms with Gasteiger partial charge in [0.15, 0.2) is 23.3 Å². The Bertz CT molecular complexity index is 970. The number of ether oxygens (including phenoxy) is 2. The van der Waals surface area contributed by atoms with Gasteiger partial charge in [0.2, 0.25) is 6.79 Å². The van der Waals surface area contributed by atoms with E-state index in [2.05, 4.69) is 31.9 Å². The summed E-state index contributed by atoms with van der Waals surface area (Å²) >= 11 is 0. The lowest BCUT2D eigenvalue weighted by molar-refractivity contribution is 0.174. The van der Waals surface area contributed by atoms with Gasteiger partial charge in [-0.1, -0.05) is 24.3 Å². The molecule has 0 bridgehead atoms. The van der Waals surface area contributed by atoms with Crippen molar-refractivity contribution >= 4 is 5.96 Å². The zero-order valence-corrected chi connectivity index (χ0v) is 16.3. The highest BCUT2D eigenvalue weighted by molar-refractivity contribution is 5.79. The average molecular weight is 392 g/mol. The van der Waals surface area contributed by atoms with Gasteiger partial charge in [0.25, 0.3) is 0 Å². The predicted octanol–water partition coefficient (Wildman–Crippen LogP) is 2.29. The van der Waals surface area contributed by atoms with E-state index in [4.69, 9.17) is 9.47 Å². The third-order valence-corrected chi connectivity index (χ3v) is 4.52. The fourth-order valence-electron chi connectivity index (χ4n) is 3.08. The molecule has 29 heavy (non-hydrogen) atoms. The molecule has 1 aromatic heterocycles. The Morgan fingerprint density at radius 1 is 1.10 bits per heavy atom. The molecule has 0 radical (unpaired) electrons. The van der Waals surface area contributed by atoms with E-state index in [0.717, 1.165) is 48.5 Å².